The summed E-state index contributed by atoms with van der Waals surface area (Å²) in [5, 5.41) is 0. The van der Waals surface area contributed by atoms with E-state index in [1.165, 1.54) is 31.9 Å². The SMILES string of the molecule is CC(C)N1CCN(CC2=NCCC=C2)CC1. The van der Waals surface area contributed by atoms with E-state index in [4.69, 9.17) is 0 Å². The van der Waals surface area contributed by atoms with E-state index in [1.54, 1.807) is 0 Å². The Labute approximate surface area is 98.8 Å². The number of hydrogen-bond donors (Lipinski definition) is 0. The van der Waals surface area contributed by atoms with Gasteiger partial charge >= 0.3 is 0 Å². The first-order valence-corrected chi connectivity index (χ1v) is 6.42. The van der Waals surface area contributed by atoms with E-state index in [-0.39, 0.29) is 0 Å². The Balaban J connectivity index is 1.77. The minimum Gasteiger partial charge on any atom is -0.298 e. The number of rotatable bonds is 3. The molecule has 3 heteroatoms. The maximum atomic E-state index is 4.55. The van der Waals surface area contributed by atoms with Crippen LogP contribution in [0.3, 0.4) is 0 Å². The van der Waals surface area contributed by atoms with Crippen LogP contribution in [0, 0.1) is 0 Å². The third-order valence-corrected chi connectivity index (χ3v) is 3.44. The Morgan fingerprint density at radius 1 is 1.25 bits per heavy atom. The Morgan fingerprint density at radius 2 is 2.00 bits per heavy atom. The predicted octanol–water partition coefficient (Wildman–Crippen LogP) is 1.41. The van der Waals surface area contributed by atoms with Gasteiger partial charge in [0.05, 0.1) is 0 Å². The molecule has 2 aliphatic rings. The van der Waals surface area contributed by atoms with Crippen molar-refractivity contribution in [2.45, 2.75) is 26.3 Å². The van der Waals surface area contributed by atoms with Gasteiger partial charge in [0.25, 0.3) is 0 Å². The van der Waals surface area contributed by atoms with Crippen LogP contribution in [0.4, 0.5) is 0 Å². The van der Waals surface area contributed by atoms with E-state index in [1.807, 2.05) is 0 Å². The summed E-state index contributed by atoms with van der Waals surface area (Å²) >= 11 is 0. The molecule has 0 atom stereocenters. The first-order valence-electron chi connectivity index (χ1n) is 6.42. The number of hydrogen-bond acceptors (Lipinski definition) is 3. The zero-order valence-electron chi connectivity index (χ0n) is 10.5. The first kappa shape index (κ1) is 11.8. The van der Waals surface area contributed by atoms with Gasteiger partial charge in [0.2, 0.25) is 0 Å². The zero-order valence-corrected chi connectivity index (χ0v) is 10.5. The molecule has 0 aliphatic carbocycles. The Kier molecular flexibility index (Phi) is 4.13. The standard InChI is InChI=1S/C13H23N3/c1-12(2)16-9-7-15(8-10-16)11-13-5-3-4-6-14-13/h3,5,12H,4,6-11H2,1-2H3. The quantitative estimate of drug-likeness (QED) is 0.717. The molecular formula is C13H23N3. The predicted molar refractivity (Wildman–Crippen MR) is 69.2 cm³/mol. The summed E-state index contributed by atoms with van der Waals surface area (Å²) in [4.78, 5) is 9.62. The highest BCUT2D eigenvalue weighted by atomic mass is 15.3. The van der Waals surface area contributed by atoms with Crippen molar-refractivity contribution in [2.75, 3.05) is 39.3 Å². The monoisotopic (exact) mass is 221 g/mol. The van der Waals surface area contributed by atoms with Crippen molar-refractivity contribution in [2.24, 2.45) is 4.99 Å². The molecule has 16 heavy (non-hydrogen) atoms. The van der Waals surface area contributed by atoms with E-state index in [2.05, 4.69) is 40.8 Å². The van der Waals surface area contributed by atoms with Crippen LogP contribution in [0.1, 0.15) is 20.3 Å². The second-order valence-corrected chi connectivity index (χ2v) is 4.97. The fourth-order valence-corrected chi connectivity index (χ4v) is 2.32. The lowest BCUT2D eigenvalue weighted by atomic mass is 10.2. The highest BCUT2D eigenvalue weighted by Crippen LogP contribution is 2.07. The van der Waals surface area contributed by atoms with Crippen LogP contribution in [0.25, 0.3) is 0 Å². The average Bonchev–Trinajstić information content (AvgIpc) is 2.31. The third kappa shape index (κ3) is 3.16. The summed E-state index contributed by atoms with van der Waals surface area (Å²) in [5.41, 5.74) is 1.27. The fraction of sp³-hybridized carbons (Fsp3) is 0.769. The Morgan fingerprint density at radius 3 is 2.56 bits per heavy atom. The van der Waals surface area contributed by atoms with Gasteiger partial charge in [-0.05, 0) is 26.3 Å². The van der Waals surface area contributed by atoms with Gasteiger partial charge in [0, 0.05) is 51.0 Å². The van der Waals surface area contributed by atoms with E-state index >= 15 is 0 Å². The van der Waals surface area contributed by atoms with Gasteiger partial charge in [0.15, 0.2) is 0 Å². The molecule has 3 nitrogen and oxygen atoms in total. The van der Waals surface area contributed by atoms with Crippen LogP contribution in [0.5, 0.6) is 0 Å². The fourth-order valence-electron chi connectivity index (χ4n) is 2.32. The highest BCUT2D eigenvalue weighted by Gasteiger charge is 2.19. The number of aliphatic imine (C=N–C) groups is 1. The molecule has 0 spiro atoms. The topological polar surface area (TPSA) is 18.8 Å². The van der Waals surface area contributed by atoms with Crippen molar-refractivity contribution < 1.29 is 0 Å². The van der Waals surface area contributed by atoms with Crippen molar-refractivity contribution in [3.8, 4) is 0 Å². The summed E-state index contributed by atoms with van der Waals surface area (Å²) in [5.74, 6) is 0. The minimum atomic E-state index is 0.689. The van der Waals surface area contributed by atoms with Crippen LogP contribution in [-0.4, -0.2) is 60.8 Å². The average molecular weight is 221 g/mol. The lowest BCUT2D eigenvalue weighted by molar-refractivity contribution is 0.119. The molecule has 0 amide bonds. The zero-order chi connectivity index (χ0) is 11.4. The minimum absolute atomic E-state index is 0.689. The molecule has 90 valence electrons. The van der Waals surface area contributed by atoms with Gasteiger partial charge in [-0.2, -0.15) is 0 Å². The molecule has 0 saturated carbocycles. The van der Waals surface area contributed by atoms with E-state index in [0.717, 1.165) is 19.5 Å². The van der Waals surface area contributed by atoms with Crippen LogP contribution in [0.2, 0.25) is 0 Å². The summed E-state index contributed by atoms with van der Waals surface area (Å²) in [6, 6.07) is 0.689. The lowest BCUT2D eigenvalue weighted by Gasteiger charge is -2.37. The van der Waals surface area contributed by atoms with Gasteiger partial charge in [-0.15, -0.1) is 0 Å². The molecule has 0 bridgehead atoms. The summed E-state index contributed by atoms with van der Waals surface area (Å²) in [6.07, 6.45) is 5.55. The number of piperazine rings is 1. The second kappa shape index (κ2) is 5.60. The molecule has 0 aromatic carbocycles. The maximum absolute atomic E-state index is 4.55. The molecule has 2 heterocycles. The van der Waals surface area contributed by atoms with E-state index < -0.39 is 0 Å². The highest BCUT2D eigenvalue weighted by molar-refractivity contribution is 5.97. The molecule has 1 fully saturated rings. The Hall–Kier alpha value is -0.670. The van der Waals surface area contributed by atoms with Gasteiger partial charge < -0.3 is 0 Å². The molecule has 2 rings (SSSR count). The second-order valence-electron chi connectivity index (χ2n) is 4.97. The molecule has 2 aliphatic heterocycles. The van der Waals surface area contributed by atoms with Gasteiger partial charge in [0.1, 0.15) is 0 Å². The van der Waals surface area contributed by atoms with Crippen molar-refractivity contribution in [3.05, 3.63) is 12.2 Å². The van der Waals surface area contributed by atoms with Crippen molar-refractivity contribution in [1.82, 2.24) is 9.80 Å². The van der Waals surface area contributed by atoms with E-state index in [9.17, 15) is 0 Å². The van der Waals surface area contributed by atoms with Crippen molar-refractivity contribution >= 4 is 5.71 Å². The van der Waals surface area contributed by atoms with E-state index in [0.29, 0.717) is 6.04 Å². The normalized spacial score (nSPS) is 23.8. The molecular weight excluding hydrogens is 198 g/mol. The van der Waals surface area contributed by atoms with Crippen LogP contribution in [-0.2, 0) is 0 Å². The Bertz CT molecular complexity index is 273. The molecule has 0 aromatic rings. The summed E-state index contributed by atoms with van der Waals surface area (Å²) < 4.78 is 0. The number of dihydropyridines is 1. The van der Waals surface area contributed by atoms with Crippen LogP contribution in [0.15, 0.2) is 17.1 Å². The van der Waals surface area contributed by atoms with Crippen LogP contribution < -0.4 is 0 Å². The van der Waals surface area contributed by atoms with Gasteiger partial charge in [-0.3, -0.25) is 14.8 Å². The third-order valence-electron chi connectivity index (χ3n) is 3.44. The molecule has 0 unspecified atom stereocenters. The smallest absolute Gasteiger partial charge is 0.0485 e. The van der Waals surface area contributed by atoms with Gasteiger partial charge in [-0.1, -0.05) is 6.08 Å². The van der Waals surface area contributed by atoms with Crippen molar-refractivity contribution in [3.63, 3.8) is 0 Å². The van der Waals surface area contributed by atoms with Crippen LogP contribution >= 0.6 is 0 Å². The maximum Gasteiger partial charge on any atom is 0.0485 e. The first-order chi connectivity index (χ1) is 7.75. The lowest BCUT2D eigenvalue weighted by Crippen LogP contribution is -2.49. The van der Waals surface area contributed by atoms with Gasteiger partial charge in [-0.25, -0.2) is 0 Å². The summed E-state index contributed by atoms with van der Waals surface area (Å²) in [7, 11) is 0. The molecule has 0 radical (unpaired) electrons. The number of nitrogens with zero attached hydrogens (tertiary/aromatic N) is 3. The molecule has 1 saturated heterocycles. The molecule has 0 aromatic heterocycles. The van der Waals surface area contributed by atoms with Crippen molar-refractivity contribution in [1.29, 1.82) is 0 Å². The summed E-state index contributed by atoms with van der Waals surface area (Å²) in [6.45, 7) is 11.4. The largest absolute Gasteiger partial charge is 0.298 e. The molecule has 0 N–H and O–H groups in total.